The van der Waals surface area contributed by atoms with Gasteiger partial charge in [0.1, 0.15) is 18.1 Å². The zero-order chi connectivity index (χ0) is 21.5. The van der Waals surface area contributed by atoms with Crippen LogP contribution in [0.1, 0.15) is 33.8 Å². The van der Waals surface area contributed by atoms with Crippen molar-refractivity contribution in [3.05, 3.63) is 59.0 Å². The number of benzene rings is 2. The maximum atomic E-state index is 13.3. The highest BCUT2D eigenvalue weighted by Gasteiger charge is 2.34. The fourth-order valence-electron chi connectivity index (χ4n) is 3.80. The summed E-state index contributed by atoms with van der Waals surface area (Å²) < 4.78 is 35.0. The van der Waals surface area contributed by atoms with Gasteiger partial charge in [0.05, 0.1) is 28.3 Å². The SMILES string of the molecule is Cc1noc(C)c1COc1cc2ccccc2cc1C(=O)N(C)[C@@H]1CCS(=O)(=O)C1. The molecule has 1 saturated heterocycles. The largest absolute Gasteiger partial charge is 0.488 e. The highest BCUT2D eigenvalue weighted by Crippen LogP contribution is 2.30. The molecule has 7 nitrogen and oxygen atoms in total. The van der Waals surface area contributed by atoms with Crippen molar-refractivity contribution in [3.8, 4) is 5.75 Å². The number of hydrogen-bond acceptors (Lipinski definition) is 6. The Hall–Kier alpha value is -2.87. The van der Waals surface area contributed by atoms with Crippen LogP contribution in [0.5, 0.6) is 5.75 Å². The Bertz CT molecular complexity index is 1200. The Morgan fingerprint density at radius 3 is 2.53 bits per heavy atom. The van der Waals surface area contributed by atoms with E-state index in [0.717, 1.165) is 22.0 Å². The summed E-state index contributed by atoms with van der Waals surface area (Å²) in [5.74, 6) is 0.984. The summed E-state index contributed by atoms with van der Waals surface area (Å²) in [4.78, 5) is 14.8. The number of aromatic nitrogens is 1. The molecule has 3 aromatic rings. The first-order chi connectivity index (χ1) is 14.2. The Morgan fingerprint density at radius 1 is 1.23 bits per heavy atom. The molecule has 1 aliphatic heterocycles. The van der Waals surface area contributed by atoms with Crippen LogP contribution in [-0.2, 0) is 16.4 Å². The van der Waals surface area contributed by atoms with Crippen molar-refractivity contribution < 1.29 is 22.5 Å². The number of carbonyl (C=O) groups excluding carboxylic acids is 1. The van der Waals surface area contributed by atoms with Crippen LogP contribution in [0.3, 0.4) is 0 Å². The molecule has 1 aliphatic rings. The van der Waals surface area contributed by atoms with Gasteiger partial charge in [0.2, 0.25) is 0 Å². The van der Waals surface area contributed by atoms with E-state index < -0.39 is 9.84 Å². The third kappa shape index (κ3) is 3.92. The van der Waals surface area contributed by atoms with E-state index in [1.807, 2.05) is 44.2 Å². The van der Waals surface area contributed by atoms with Crippen molar-refractivity contribution in [2.75, 3.05) is 18.6 Å². The first-order valence-corrected chi connectivity index (χ1v) is 11.6. The third-order valence-corrected chi connectivity index (χ3v) is 7.46. The van der Waals surface area contributed by atoms with E-state index >= 15 is 0 Å². The van der Waals surface area contributed by atoms with Crippen molar-refractivity contribution in [2.24, 2.45) is 0 Å². The fraction of sp³-hybridized carbons (Fsp3) is 0.364. The number of nitrogens with zero attached hydrogens (tertiary/aromatic N) is 2. The van der Waals surface area contributed by atoms with Crippen LogP contribution in [0.25, 0.3) is 10.8 Å². The molecular weight excluding hydrogens is 404 g/mol. The van der Waals surface area contributed by atoms with Gasteiger partial charge < -0.3 is 14.2 Å². The van der Waals surface area contributed by atoms with Crippen LogP contribution < -0.4 is 4.74 Å². The predicted octanol–water partition coefficient (Wildman–Crippen LogP) is 3.28. The van der Waals surface area contributed by atoms with Crippen LogP contribution in [0, 0.1) is 13.8 Å². The zero-order valence-electron chi connectivity index (χ0n) is 17.2. The van der Waals surface area contributed by atoms with E-state index in [9.17, 15) is 13.2 Å². The number of ether oxygens (including phenoxy) is 1. The second kappa shape index (κ2) is 7.75. The molecular formula is C22H24N2O5S. The minimum atomic E-state index is -3.09. The quantitative estimate of drug-likeness (QED) is 0.620. The lowest BCUT2D eigenvalue weighted by molar-refractivity contribution is 0.0743. The average Bonchev–Trinajstić information content (AvgIpc) is 3.25. The van der Waals surface area contributed by atoms with Gasteiger partial charge in [-0.25, -0.2) is 8.42 Å². The predicted molar refractivity (Wildman–Crippen MR) is 113 cm³/mol. The van der Waals surface area contributed by atoms with E-state index in [2.05, 4.69) is 5.16 Å². The average molecular weight is 429 g/mol. The van der Waals surface area contributed by atoms with Gasteiger partial charge in [-0.05, 0) is 43.2 Å². The first-order valence-electron chi connectivity index (χ1n) is 9.80. The van der Waals surface area contributed by atoms with Crippen molar-refractivity contribution >= 4 is 26.5 Å². The monoisotopic (exact) mass is 428 g/mol. The highest BCUT2D eigenvalue weighted by molar-refractivity contribution is 7.91. The van der Waals surface area contributed by atoms with Crippen molar-refractivity contribution in [1.82, 2.24) is 10.1 Å². The number of fused-ring (bicyclic) bond motifs is 1. The van der Waals surface area contributed by atoms with Crippen LogP contribution >= 0.6 is 0 Å². The summed E-state index contributed by atoms with van der Waals surface area (Å²) in [6.45, 7) is 3.89. The molecule has 0 bridgehead atoms. The zero-order valence-corrected chi connectivity index (χ0v) is 18.0. The molecule has 1 aromatic heterocycles. The van der Waals surface area contributed by atoms with Crippen LogP contribution in [0.4, 0.5) is 0 Å². The number of carbonyl (C=O) groups is 1. The Kier molecular flexibility index (Phi) is 5.27. The number of amides is 1. The number of hydrogen-bond donors (Lipinski definition) is 0. The molecule has 0 aliphatic carbocycles. The van der Waals surface area contributed by atoms with Gasteiger partial charge in [-0.3, -0.25) is 4.79 Å². The minimum absolute atomic E-state index is 0.00189. The van der Waals surface area contributed by atoms with Gasteiger partial charge in [0.15, 0.2) is 9.84 Å². The van der Waals surface area contributed by atoms with Gasteiger partial charge >= 0.3 is 0 Å². The van der Waals surface area contributed by atoms with Crippen LogP contribution in [-0.4, -0.2) is 49.0 Å². The Morgan fingerprint density at radius 2 is 1.93 bits per heavy atom. The normalized spacial score (nSPS) is 17.9. The summed E-state index contributed by atoms with van der Waals surface area (Å²) in [5.41, 5.74) is 2.00. The molecule has 158 valence electrons. The van der Waals surface area contributed by atoms with Gasteiger partial charge in [0, 0.05) is 13.1 Å². The molecule has 0 spiro atoms. The molecule has 1 fully saturated rings. The van der Waals surface area contributed by atoms with Gasteiger partial charge in [-0.15, -0.1) is 0 Å². The van der Waals surface area contributed by atoms with Crippen molar-refractivity contribution in [1.29, 1.82) is 0 Å². The summed E-state index contributed by atoms with van der Waals surface area (Å²) in [7, 11) is -1.44. The lowest BCUT2D eigenvalue weighted by Crippen LogP contribution is -2.38. The smallest absolute Gasteiger partial charge is 0.257 e. The lowest BCUT2D eigenvalue weighted by atomic mass is 10.0. The molecule has 2 aromatic carbocycles. The molecule has 1 atom stereocenters. The number of rotatable bonds is 5. The topological polar surface area (TPSA) is 89.7 Å². The van der Waals surface area contributed by atoms with E-state index in [4.69, 9.17) is 9.26 Å². The lowest BCUT2D eigenvalue weighted by Gasteiger charge is -2.24. The molecule has 30 heavy (non-hydrogen) atoms. The second-order valence-electron chi connectivity index (χ2n) is 7.76. The van der Waals surface area contributed by atoms with Gasteiger partial charge in [0.25, 0.3) is 5.91 Å². The third-order valence-electron chi connectivity index (χ3n) is 5.71. The van der Waals surface area contributed by atoms with E-state index in [1.54, 1.807) is 13.1 Å². The standard InChI is InChI=1S/C22H24N2O5S/c1-14-20(15(2)29-23-14)12-28-21-11-17-7-5-4-6-16(17)10-19(21)22(25)24(3)18-8-9-30(26,27)13-18/h4-7,10-11,18H,8-9,12-13H2,1-3H3/t18-/m1/s1. The summed E-state index contributed by atoms with van der Waals surface area (Å²) in [6, 6.07) is 11.1. The molecule has 2 heterocycles. The molecule has 0 unspecified atom stereocenters. The molecule has 0 saturated carbocycles. The Balaban J connectivity index is 1.68. The summed E-state index contributed by atoms with van der Waals surface area (Å²) >= 11 is 0. The fourth-order valence-corrected chi connectivity index (χ4v) is 5.57. The second-order valence-corrected chi connectivity index (χ2v) is 9.99. The van der Waals surface area contributed by atoms with Gasteiger partial charge in [-0.2, -0.15) is 0 Å². The maximum Gasteiger partial charge on any atom is 0.257 e. The van der Waals surface area contributed by atoms with E-state index in [-0.39, 0.29) is 30.1 Å². The number of aryl methyl sites for hydroxylation is 2. The van der Waals surface area contributed by atoms with Crippen LogP contribution in [0.15, 0.2) is 40.9 Å². The highest BCUT2D eigenvalue weighted by atomic mass is 32.2. The number of sulfone groups is 1. The minimum Gasteiger partial charge on any atom is -0.488 e. The summed E-state index contributed by atoms with van der Waals surface area (Å²) in [5, 5.41) is 5.81. The molecule has 0 N–H and O–H groups in total. The molecule has 1 amide bonds. The Labute approximate surface area is 175 Å². The first kappa shape index (κ1) is 20.4. The van der Waals surface area contributed by atoms with Crippen molar-refractivity contribution in [2.45, 2.75) is 32.9 Å². The molecule has 8 heteroatoms. The van der Waals surface area contributed by atoms with E-state index in [0.29, 0.717) is 23.5 Å². The van der Waals surface area contributed by atoms with Gasteiger partial charge in [-0.1, -0.05) is 29.4 Å². The van der Waals surface area contributed by atoms with E-state index in [1.165, 1.54) is 4.90 Å². The van der Waals surface area contributed by atoms with Crippen molar-refractivity contribution in [3.63, 3.8) is 0 Å². The molecule has 4 rings (SSSR count). The van der Waals surface area contributed by atoms with Crippen LogP contribution in [0.2, 0.25) is 0 Å². The maximum absolute atomic E-state index is 13.3. The summed E-state index contributed by atoms with van der Waals surface area (Å²) in [6.07, 6.45) is 0.452. The molecule has 0 radical (unpaired) electrons.